The molecule has 3 rings (SSSR count). The van der Waals surface area contributed by atoms with Crippen LogP contribution >= 0.6 is 0 Å². The lowest BCUT2D eigenvalue weighted by molar-refractivity contribution is -0.134. The number of halogens is 1. The van der Waals surface area contributed by atoms with E-state index in [0.717, 1.165) is 0 Å². The molecule has 0 saturated carbocycles. The van der Waals surface area contributed by atoms with Gasteiger partial charge >= 0.3 is 0 Å². The minimum Gasteiger partial charge on any atom is -0.368 e. The molecule has 30 heavy (non-hydrogen) atoms. The zero-order chi connectivity index (χ0) is 22.1. The van der Waals surface area contributed by atoms with Crippen molar-refractivity contribution in [3.8, 4) is 0 Å². The number of hydrogen-bond donors (Lipinski definition) is 2. The van der Waals surface area contributed by atoms with Gasteiger partial charge in [-0.05, 0) is 31.2 Å². The minimum atomic E-state index is -3.13. The fourth-order valence-electron chi connectivity index (χ4n) is 3.25. The SMILES string of the molecule is CC(NC(=O)C1=NN(c2ccc(F)cc2)C(C(N)=O)C1)C(=O)N1CCS(=O)(=O)CC1. The number of sulfone groups is 1. The average molecular weight is 439 g/mol. The number of amides is 3. The van der Waals surface area contributed by atoms with Gasteiger partial charge in [0.15, 0.2) is 9.84 Å². The summed E-state index contributed by atoms with van der Waals surface area (Å²) in [5, 5.41) is 7.92. The molecule has 2 aliphatic rings. The van der Waals surface area contributed by atoms with Crippen LogP contribution in [0.3, 0.4) is 0 Å². The third kappa shape index (κ3) is 4.75. The summed E-state index contributed by atoms with van der Waals surface area (Å²) in [6.07, 6.45) is -0.0680. The number of anilines is 1. The summed E-state index contributed by atoms with van der Waals surface area (Å²) in [6.45, 7) is 1.64. The van der Waals surface area contributed by atoms with E-state index >= 15 is 0 Å². The first kappa shape index (κ1) is 21.7. The molecule has 10 nitrogen and oxygen atoms in total. The summed E-state index contributed by atoms with van der Waals surface area (Å²) >= 11 is 0. The maximum Gasteiger partial charge on any atom is 0.268 e. The molecule has 0 bridgehead atoms. The van der Waals surface area contributed by atoms with Crippen molar-refractivity contribution >= 4 is 39.0 Å². The van der Waals surface area contributed by atoms with Gasteiger partial charge in [-0.15, -0.1) is 0 Å². The van der Waals surface area contributed by atoms with Crippen LogP contribution in [0.15, 0.2) is 29.4 Å². The number of carbonyl (C=O) groups excluding carboxylic acids is 3. The Bertz CT molecular complexity index is 981. The predicted molar refractivity (Wildman–Crippen MR) is 107 cm³/mol. The molecule has 1 aromatic rings. The Morgan fingerprint density at radius 3 is 2.37 bits per heavy atom. The van der Waals surface area contributed by atoms with E-state index < -0.39 is 45.5 Å². The van der Waals surface area contributed by atoms with Crippen LogP contribution in [0.1, 0.15) is 13.3 Å². The number of carbonyl (C=O) groups is 3. The first-order chi connectivity index (χ1) is 14.1. The molecule has 12 heteroatoms. The van der Waals surface area contributed by atoms with Gasteiger partial charge in [-0.25, -0.2) is 12.8 Å². The molecule has 0 aliphatic carbocycles. The fraction of sp³-hybridized carbons (Fsp3) is 0.444. The van der Waals surface area contributed by atoms with Gasteiger partial charge in [-0.2, -0.15) is 5.10 Å². The zero-order valence-corrected chi connectivity index (χ0v) is 17.1. The van der Waals surface area contributed by atoms with E-state index in [2.05, 4.69) is 10.4 Å². The molecule has 2 aliphatic heterocycles. The number of nitrogens with one attached hydrogen (secondary N) is 1. The first-order valence-electron chi connectivity index (χ1n) is 9.29. The van der Waals surface area contributed by atoms with Crippen molar-refractivity contribution < 1.29 is 27.2 Å². The van der Waals surface area contributed by atoms with Crippen molar-refractivity contribution in [2.24, 2.45) is 10.8 Å². The number of primary amides is 1. The smallest absolute Gasteiger partial charge is 0.268 e. The second-order valence-corrected chi connectivity index (χ2v) is 9.47. The third-order valence-electron chi connectivity index (χ3n) is 4.97. The van der Waals surface area contributed by atoms with Gasteiger partial charge in [-0.1, -0.05) is 0 Å². The van der Waals surface area contributed by atoms with E-state index in [1.807, 2.05) is 0 Å². The van der Waals surface area contributed by atoms with Gasteiger partial charge in [0, 0.05) is 19.5 Å². The Hall–Kier alpha value is -3.02. The van der Waals surface area contributed by atoms with Crippen LogP contribution in [0.25, 0.3) is 0 Å². The van der Waals surface area contributed by atoms with E-state index in [1.54, 1.807) is 0 Å². The van der Waals surface area contributed by atoms with Gasteiger partial charge in [0.2, 0.25) is 11.8 Å². The normalized spacial score (nSPS) is 21.7. The number of hydrazone groups is 1. The number of hydrogen-bond acceptors (Lipinski definition) is 7. The molecule has 1 aromatic carbocycles. The maximum atomic E-state index is 13.2. The van der Waals surface area contributed by atoms with Crippen molar-refractivity contribution in [3.05, 3.63) is 30.1 Å². The molecule has 0 radical (unpaired) electrons. The Balaban J connectivity index is 1.68. The summed E-state index contributed by atoms with van der Waals surface area (Å²) in [5.41, 5.74) is 5.81. The predicted octanol–water partition coefficient (Wildman–Crippen LogP) is -0.993. The van der Waals surface area contributed by atoms with Crippen LogP contribution in [-0.4, -0.2) is 73.4 Å². The van der Waals surface area contributed by atoms with Crippen molar-refractivity contribution in [2.75, 3.05) is 29.6 Å². The van der Waals surface area contributed by atoms with Gasteiger partial charge in [0.25, 0.3) is 5.91 Å². The molecule has 1 fully saturated rings. The van der Waals surface area contributed by atoms with Crippen LogP contribution in [0.4, 0.5) is 10.1 Å². The van der Waals surface area contributed by atoms with Crippen LogP contribution in [-0.2, 0) is 24.2 Å². The van der Waals surface area contributed by atoms with E-state index in [4.69, 9.17) is 5.73 Å². The maximum absolute atomic E-state index is 13.2. The highest BCUT2D eigenvalue weighted by Gasteiger charge is 2.36. The molecule has 0 spiro atoms. The standard InChI is InChI=1S/C18H22FN5O5S/c1-11(18(27)23-6-8-30(28,29)9-7-23)21-17(26)14-10-15(16(20)25)24(22-14)13-4-2-12(19)3-5-13/h2-5,11,15H,6-10H2,1H3,(H2,20,25)(H,21,26). The third-order valence-corrected chi connectivity index (χ3v) is 6.58. The van der Waals surface area contributed by atoms with E-state index in [-0.39, 0.29) is 36.7 Å². The van der Waals surface area contributed by atoms with E-state index in [0.29, 0.717) is 5.69 Å². The van der Waals surface area contributed by atoms with Gasteiger partial charge in [0.1, 0.15) is 23.6 Å². The lowest BCUT2D eigenvalue weighted by Crippen LogP contribution is -2.52. The minimum absolute atomic E-state index is 0.00370. The van der Waals surface area contributed by atoms with Crippen molar-refractivity contribution in [2.45, 2.75) is 25.4 Å². The van der Waals surface area contributed by atoms with Crippen LogP contribution < -0.4 is 16.1 Å². The quantitative estimate of drug-likeness (QED) is 0.603. The lowest BCUT2D eigenvalue weighted by Gasteiger charge is -2.29. The Labute approximate surface area is 172 Å². The molecular formula is C18H22FN5O5S. The molecule has 2 unspecified atom stereocenters. The first-order valence-corrected chi connectivity index (χ1v) is 11.1. The van der Waals surface area contributed by atoms with Crippen LogP contribution in [0.2, 0.25) is 0 Å². The molecule has 3 N–H and O–H groups in total. The van der Waals surface area contributed by atoms with Crippen molar-refractivity contribution in [1.29, 1.82) is 0 Å². The topological polar surface area (TPSA) is 142 Å². The average Bonchev–Trinajstić information content (AvgIpc) is 3.14. The van der Waals surface area contributed by atoms with Gasteiger partial charge < -0.3 is 16.0 Å². The largest absolute Gasteiger partial charge is 0.368 e. The van der Waals surface area contributed by atoms with E-state index in [1.165, 1.54) is 41.1 Å². The van der Waals surface area contributed by atoms with Gasteiger partial charge in [0.05, 0.1) is 17.2 Å². The highest BCUT2D eigenvalue weighted by molar-refractivity contribution is 7.91. The number of rotatable bonds is 5. The monoisotopic (exact) mass is 439 g/mol. The molecule has 162 valence electrons. The summed E-state index contributed by atoms with van der Waals surface area (Å²) in [7, 11) is -3.13. The van der Waals surface area contributed by atoms with Gasteiger partial charge in [-0.3, -0.25) is 19.4 Å². The molecule has 1 saturated heterocycles. The zero-order valence-electron chi connectivity index (χ0n) is 16.2. The molecule has 3 amide bonds. The van der Waals surface area contributed by atoms with Crippen LogP contribution in [0.5, 0.6) is 0 Å². The van der Waals surface area contributed by atoms with Crippen molar-refractivity contribution in [3.63, 3.8) is 0 Å². The fourth-order valence-corrected chi connectivity index (χ4v) is 4.45. The summed E-state index contributed by atoms with van der Waals surface area (Å²) in [4.78, 5) is 38.3. The number of benzene rings is 1. The highest BCUT2D eigenvalue weighted by atomic mass is 32.2. The lowest BCUT2D eigenvalue weighted by atomic mass is 10.1. The molecular weight excluding hydrogens is 417 g/mol. The number of nitrogens with two attached hydrogens (primary N) is 1. The van der Waals surface area contributed by atoms with E-state index in [9.17, 15) is 27.2 Å². The van der Waals surface area contributed by atoms with Crippen molar-refractivity contribution in [1.82, 2.24) is 10.2 Å². The molecule has 0 aromatic heterocycles. The highest BCUT2D eigenvalue weighted by Crippen LogP contribution is 2.25. The second kappa shape index (κ2) is 8.38. The Morgan fingerprint density at radius 2 is 1.80 bits per heavy atom. The van der Waals surface area contributed by atoms with Crippen LogP contribution in [0, 0.1) is 5.82 Å². The summed E-state index contributed by atoms with van der Waals surface area (Å²) < 4.78 is 36.2. The summed E-state index contributed by atoms with van der Waals surface area (Å²) in [5.74, 6) is -2.44. The molecule has 2 atom stereocenters. The summed E-state index contributed by atoms with van der Waals surface area (Å²) in [6, 6.07) is 3.38. The number of nitrogens with zero attached hydrogens (tertiary/aromatic N) is 3. The Kier molecular flexibility index (Phi) is 6.06. The molecule has 2 heterocycles. The second-order valence-electron chi connectivity index (χ2n) is 7.16. The Morgan fingerprint density at radius 1 is 1.20 bits per heavy atom.